The van der Waals surface area contributed by atoms with Crippen molar-refractivity contribution < 1.29 is 4.79 Å². The number of hydrogen-bond donors (Lipinski definition) is 3. The molecule has 4 N–H and O–H groups in total. The first kappa shape index (κ1) is 13.8. The fourth-order valence-corrected chi connectivity index (χ4v) is 1.79. The van der Waals surface area contributed by atoms with Gasteiger partial charge in [0.05, 0.1) is 6.04 Å². The number of amides is 1. The van der Waals surface area contributed by atoms with Gasteiger partial charge in [-0.25, -0.2) is 0 Å². The zero-order valence-electron chi connectivity index (χ0n) is 11.4. The second-order valence-corrected chi connectivity index (χ2v) is 4.42. The van der Waals surface area contributed by atoms with Crippen LogP contribution in [0.25, 0.3) is 0 Å². The Morgan fingerprint density at radius 3 is 2.65 bits per heavy atom. The van der Waals surface area contributed by atoms with Gasteiger partial charge >= 0.3 is 0 Å². The number of carbonyl (C=O) groups excluding carboxylic acids is 1. The minimum absolute atomic E-state index is 0.0404. The van der Waals surface area contributed by atoms with Gasteiger partial charge in [-0.2, -0.15) is 0 Å². The van der Waals surface area contributed by atoms with Crippen molar-refractivity contribution in [1.82, 2.24) is 15.5 Å². The van der Waals surface area contributed by atoms with Gasteiger partial charge in [-0.1, -0.05) is 12.1 Å². The molecule has 2 aromatic rings. The number of nitrogens with two attached hydrogens (primary N) is 1. The second-order valence-electron chi connectivity index (χ2n) is 4.42. The number of aromatic nitrogens is 2. The molecule has 1 unspecified atom stereocenters. The molecule has 1 atom stereocenters. The predicted octanol–water partition coefficient (Wildman–Crippen LogP) is 1.59. The van der Waals surface area contributed by atoms with Crippen LogP contribution in [0.5, 0.6) is 0 Å². The molecule has 20 heavy (non-hydrogen) atoms. The van der Waals surface area contributed by atoms with Gasteiger partial charge in [0.1, 0.15) is 5.82 Å². The van der Waals surface area contributed by atoms with Gasteiger partial charge in [0.2, 0.25) is 0 Å². The van der Waals surface area contributed by atoms with E-state index < -0.39 is 0 Å². The summed E-state index contributed by atoms with van der Waals surface area (Å²) < 4.78 is 0. The van der Waals surface area contributed by atoms with Gasteiger partial charge < -0.3 is 16.4 Å². The van der Waals surface area contributed by atoms with Crippen LogP contribution < -0.4 is 16.4 Å². The van der Waals surface area contributed by atoms with Crippen LogP contribution in [0.15, 0.2) is 36.4 Å². The van der Waals surface area contributed by atoms with Crippen molar-refractivity contribution in [2.45, 2.75) is 13.0 Å². The molecule has 104 valence electrons. The molecule has 0 aliphatic rings. The number of nitrogens with zero attached hydrogens (tertiary/aromatic N) is 2. The Balaban J connectivity index is 2.08. The molecule has 0 saturated carbocycles. The predicted molar refractivity (Wildman–Crippen MR) is 78.3 cm³/mol. The van der Waals surface area contributed by atoms with Crippen LogP contribution in [0.4, 0.5) is 11.5 Å². The molecule has 6 nitrogen and oxygen atoms in total. The number of nitrogen functional groups attached to an aromatic ring is 1. The lowest BCUT2D eigenvalue weighted by molar-refractivity contribution is 0.0957. The molecular formula is C14H17N5O. The first-order chi connectivity index (χ1) is 9.60. The summed E-state index contributed by atoms with van der Waals surface area (Å²) in [6.07, 6.45) is 0. The Bertz CT molecular complexity index is 597. The molecule has 0 fully saturated rings. The van der Waals surface area contributed by atoms with E-state index in [2.05, 4.69) is 20.8 Å². The highest BCUT2D eigenvalue weighted by molar-refractivity contribution is 5.91. The van der Waals surface area contributed by atoms with Gasteiger partial charge in [0, 0.05) is 12.7 Å². The SMILES string of the molecule is CNC(=O)c1ccc(NC(C)c2cccc(N)c2)nn1. The first-order valence-electron chi connectivity index (χ1n) is 6.28. The number of rotatable bonds is 4. The molecular weight excluding hydrogens is 254 g/mol. The summed E-state index contributed by atoms with van der Waals surface area (Å²) in [7, 11) is 1.55. The molecule has 0 saturated heterocycles. The van der Waals surface area contributed by atoms with E-state index in [-0.39, 0.29) is 17.6 Å². The number of nitrogens with one attached hydrogen (secondary N) is 2. The van der Waals surface area contributed by atoms with E-state index in [1.54, 1.807) is 19.2 Å². The fraction of sp³-hybridized carbons (Fsp3) is 0.214. The third-order valence-corrected chi connectivity index (χ3v) is 2.90. The van der Waals surface area contributed by atoms with Crippen LogP contribution in [0, 0.1) is 0 Å². The molecule has 0 spiro atoms. The summed E-state index contributed by atoms with van der Waals surface area (Å²) in [5.74, 6) is 0.348. The van der Waals surface area contributed by atoms with Crippen molar-refractivity contribution in [1.29, 1.82) is 0 Å². The quantitative estimate of drug-likeness (QED) is 0.734. The van der Waals surface area contributed by atoms with Crippen LogP contribution in [-0.4, -0.2) is 23.2 Å². The van der Waals surface area contributed by atoms with Crippen LogP contribution in [0.3, 0.4) is 0 Å². The van der Waals surface area contributed by atoms with Crippen LogP contribution in [0.1, 0.15) is 29.0 Å². The maximum Gasteiger partial charge on any atom is 0.271 e. The summed E-state index contributed by atoms with van der Waals surface area (Å²) in [6, 6.07) is 11.0. The summed E-state index contributed by atoms with van der Waals surface area (Å²) >= 11 is 0. The number of hydrogen-bond acceptors (Lipinski definition) is 5. The fourth-order valence-electron chi connectivity index (χ4n) is 1.79. The van der Waals surface area contributed by atoms with E-state index in [4.69, 9.17) is 5.73 Å². The molecule has 1 amide bonds. The maximum atomic E-state index is 11.4. The third-order valence-electron chi connectivity index (χ3n) is 2.90. The lowest BCUT2D eigenvalue weighted by atomic mass is 10.1. The Kier molecular flexibility index (Phi) is 4.14. The zero-order chi connectivity index (χ0) is 14.5. The van der Waals surface area contributed by atoms with E-state index in [9.17, 15) is 4.79 Å². The van der Waals surface area contributed by atoms with Gasteiger partial charge in [-0.3, -0.25) is 4.79 Å². The van der Waals surface area contributed by atoms with Crippen LogP contribution in [-0.2, 0) is 0 Å². The van der Waals surface area contributed by atoms with Gasteiger partial charge in [-0.05, 0) is 36.8 Å². The van der Waals surface area contributed by atoms with Crippen molar-refractivity contribution in [3.8, 4) is 0 Å². The maximum absolute atomic E-state index is 11.4. The molecule has 0 aliphatic heterocycles. The van der Waals surface area contributed by atoms with E-state index in [0.717, 1.165) is 11.3 Å². The summed E-state index contributed by atoms with van der Waals surface area (Å²) in [5.41, 5.74) is 7.82. The number of benzene rings is 1. The molecule has 0 radical (unpaired) electrons. The van der Waals surface area contributed by atoms with Crippen LogP contribution >= 0.6 is 0 Å². The second kappa shape index (κ2) is 6.01. The highest BCUT2D eigenvalue weighted by atomic mass is 16.1. The van der Waals surface area contributed by atoms with E-state index >= 15 is 0 Å². The van der Waals surface area contributed by atoms with Crippen molar-refractivity contribution in [2.24, 2.45) is 0 Å². The lowest BCUT2D eigenvalue weighted by Gasteiger charge is -2.15. The van der Waals surface area contributed by atoms with Crippen LogP contribution in [0.2, 0.25) is 0 Å². The molecule has 1 aromatic carbocycles. The smallest absolute Gasteiger partial charge is 0.271 e. The van der Waals surface area contributed by atoms with E-state index in [0.29, 0.717) is 5.82 Å². The topological polar surface area (TPSA) is 92.9 Å². The van der Waals surface area contributed by atoms with Crippen molar-refractivity contribution in [3.05, 3.63) is 47.7 Å². The molecule has 6 heteroatoms. The van der Waals surface area contributed by atoms with E-state index in [1.165, 1.54) is 0 Å². The standard InChI is InChI=1S/C14H17N5O/c1-9(10-4-3-5-11(15)8-10)17-13-7-6-12(18-19-13)14(20)16-2/h3-9H,15H2,1-2H3,(H,16,20)(H,17,19). The monoisotopic (exact) mass is 271 g/mol. The molecule has 0 bridgehead atoms. The lowest BCUT2D eigenvalue weighted by Crippen LogP contribution is -2.20. The van der Waals surface area contributed by atoms with Crippen molar-refractivity contribution in [2.75, 3.05) is 18.1 Å². The Morgan fingerprint density at radius 1 is 1.25 bits per heavy atom. The van der Waals surface area contributed by atoms with Gasteiger partial charge in [-0.15, -0.1) is 10.2 Å². The minimum atomic E-state index is -0.257. The molecule has 2 rings (SSSR count). The molecule has 1 heterocycles. The Labute approximate surface area is 117 Å². The Hall–Kier alpha value is -2.63. The van der Waals surface area contributed by atoms with Gasteiger partial charge in [0.15, 0.2) is 5.69 Å². The Morgan fingerprint density at radius 2 is 2.05 bits per heavy atom. The number of carbonyl (C=O) groups is 1. The summed E-state index contributed by atoms with van der Waals surface area (Å²) in [4.78, 5) is 11.4. The van der Waals surface area contributed by atoms with Crippen molar-refractivity contribution in [3.63, 3.8) is 0 Å². The third kappa shape index (κ3) is 3.23. The summed E-state index contributed by atoms with van der Waals surface area (Å²) in [5, 5.41) is 13.6. The molecule has 0 aliphatic carbocycles. The largest absolute Gasteiger partial charge is 0.399 e. The van der Waals surface area contributed by atoms with E-state index in [1.807, 2.05) is 31.2 Å². The average Bonchev–Trinajstić information content (AvgIpc) is 2.47. The summed E-state index contributed by atoms with van der Waals surface area (Å²) in [6.45, 7) is 2.00. The molecule has 1 aromatic heterocycles. The van der Waals surface area contributed by atoms with Gasteiger partial charge in [0.25, 0.3) is 5.91 Å². The zero-order valence-corrected chi connectivity index (χ0v) is 11.4. The minimum Gasteiger partial charge on any atom is -0.399 e. The highest BCUT2D eigenvalue weighted by Gasteiger charge is 2.09. The first-order valence-corrected chi connectivity index (χ1v) is 6.28. The highest BCUT2D eigenvalue weighted by Crippen LogP contribution is 2.19. The van der Waals surface area contributed by atoms with Crippen molar-refractivity contribution >= 4 is 17.4 Å². The normalized spacial score (nSPS) is 11.7. The number of anilines is 2. The average molecular weight is 271 g/mol.